The maximum absolute atomic E-state index is 12.6. The van der Waals surface area contributed by atoms with Gasteiger partial charge in [0.2, 0.25) is 23.6 Å². The highest BCUT2D eigenvalue weighted by Crippen LogP contribution is 2.04. The molecule has 0 bridgehead atoms. The van der Waals surface area contributed by atoms with E-state index < -0.39 is 85.0 Å². The molecule has 4 amide bonds. The number of rotatable bonds is 17. The largest absolute Gasteiger partial charge is 0.481 e. The van der Waals surface area contributed by atoms with Crippen molar-refractivity contribution in [3.05, 3.63) is 0 Å². The molecule has 0 heterocycles. The molecule has 0 saturated carbocycles. The van der Waals surface area contributed by atoms with E-state index in [1.807, 2.05) is 0 Å². The number of aliphatic carboxylic acids is 3. The van der Waals surface area contributed by atoms with Crippen molar-refractivity contribution in [2.24, 2.45) is 11.5 Å². The van der Waals surface area contributed by atoms with Crippen LogP contribution < -0.4 is 27.4 Å². The Morgan fingerprint density at radius 3 is 1.56 bits per heavy atom. The maximum Gasteiger partial charge on any atom is 0.326 e. The molecule has 4 unspecified atom stereocenters. The lowest BCUT2D eigenvalue weighted by molar-refractivity contribution is -0.143. The van der Waals surface area contributed by atoms with Crippen LogP contribution in [0.25, 0.3) is 0 Å². The summed E-state index contributed by atoms with van der Waals surface area (Å²) in [6, 6.07) is -5.59. The first-order valence-electron chi connectivity index (χ1n) is 10.0. The molecule has 0 aliphatic rings. The van der Waals surface area contributed by atoms with Crippen LogP contribution in [0.1, 0.15) is 38.5 Å². The highest BCUT2D eigenvalue weighted by molar-refractivity contribution is 7.80. The highest BCUT2D eigenvalue weighted by Gasteiger charge is 2.30. The van der Waals surface area contributed by atoms with Crippen molar-refractivity contribution in [3.63, 3.8) is 0 Å². The van der Waals surface area contributed by atoms with E-state index in [-0.39, 0.29) is 25.0 Å². The SMILES string of the molecule is NC(=O)CCC(N)C(=O)NC(CCC(=O)O)C(=O)NC(CS)C(=O)NC(CCC(=O)O)C(=O)O. The number of carboxylic acid groups (broad SMARTS) is 3. The van der Waals surface area contributed by atoms with Gasteiger partial charge in [-0.3, -0.25) is 28.8 Å². The van der Waals surface area contributed by atoms with Gasteiger partial charge in [-0.05, 0) is 19.3 Å². The Bertz CT molecular complexity index is 793. The van der Waals surface area contributed by atoms with Crippen LogP contribution in [0.4, 0.5) is 0 Å². The van der Waals surface area contributed by atoms with E-state index in [0.29, 0.717) is 0 Å². The molecule has 0 spiro atoms. The number of carbonyl (C=O) groups excluding carboxylic acids is 4. The minimum atomic E-state index is -1.55. The Hall–Kier alpha value is -3.40. The van der Waals surface area contributed by atoms with Crippen molar-refractivity contribution in [2.45, 2.75) is 62.7 Å². The van der Waals surface area contributed by atoms with Crippen molar-refractivity contribution in [1.29, 1.82) is 0 Å². The van der Waals surface area contributed by atoms with E-state index in [9.17, 15) is 33.6 Å². The van der Waals surface area contributed by atoms with Gasteiger partial charge in [0, 0.05) is 25.0 Å². The summed E-state index contributed by atoms with van der Waals surface area (Å²) in [4.78, 5) is 81.0. The van der Waals surface area contributed by atoms with Crippen molar-refractivity contribution >= 4 is 54.2 Å². The third-order valence-corrected chi connectivity index (χ3v) is 4.76. The standard InChI is InChI=1S/C18H29N5O10S/c19-8(1-4-12(20)24)15(29)21-9(2-5-13(25)26)16(30)23-11(7-34)17(31)22-10(18(32)33)3-6-14(27)28/h8-11,34H,1-7,19H2,(H2,20,24)(H,21,29)(H,22,31)(H,23,30)(H,25,26)(H,27,28)(H,32,33). The zero-order valence-corrected chi connectivity index (χ0v) is 19.0. The molecule has 0 radical (unpaired) electrons. The van der Waals surface area contributed by atoms with Gasteiger partial charge in [0.25, 0.3) is 0 Å². The van der Waals surface area contributed by atoms with Crippen LogP contribution in [0.15, 0.2) is 0 Å². The first-order chi connectivity index (χ1) is 15.8. The summed E-state index contributed by atoms with van der Waals surface area (Å²) in [6.45, 7) is 0. The molecule has 10 N–H and O–H groups in total. The third kappa shape index (κ3) is 12.6. The molecule has 0 aromatic rings. The lowest BCUT2D eigenvalue weighted by Crippen LogP contribution is -2.57. The predicted molar refractivity (Wildman–Crippen MR) is 117 cm³/mol. The summed E-state index contributed by atoms with van der Waals surface area (Å²) in [5.74, 6) is -7.85. The van der Waals surface area contributed by atoms with Crippen molar-refractivity contribution in [1.82, 2.24) is 16.0 Å². The van der Waals surface area contributed by atoms with Crippen molar-refractivity contribution in [3.8, 4) is 0 Å². The zero-order chi connectivity index (χ0) is 26.4. The fourth-order valence-corrected chi connectivity index (χ4v) is 2.77. The average Bonchev–Trinajstić information content (AvgIpc) is 2.74. The average molecular weight is 508 g/mol. The molecule has 0 aromatic heterocycles. The number of nitrogens with one attached hydrogen (secondary N) is 3. The molecular formula is C18H29N5O10S. The Morgan fingerprint density at radius 2 is 1.12 bits per heavy atom. The van der Waals surface area contributed by atoms with Gasteiger partial charge < -0.3 is 42.7 Å². The topological polar surface area (TPSA) is 268 Å². The lowest BCUT2D eigenvalue weighted by Gasteiger charge is -2.24. The first kappa shape index (κ1) is 30.6. The number of carbonyl (C=O) groups is 7. The van der Waals surface area contributed by atoms with E-state index in [1.165, 1.54) is 0 Å². The number of hydrogen-bond donors (Lipinski definition) is 9. The van der Waals surface area contributed by atoms with E-state index >= 15 is 0 Å². The molecule has 192 valence electrons. The van der Waals surface area contributed by atoms with Crippen LogP contribution in [0.3, 0.4) is 0 Å². The minimum Gasteiger partial charge on any atom is -0.481 e. The molecule has 4 atom stereocenters. The second-order valence-electron chi connectivity index (χ2n) is 7.18. The van der Waals surface area contributed by atoms with Crippen LogP contribution in [0.5, 0.6) is 0 Å². The lowest BCUT2D eigenvalue weighted by atomic mass is 10.1. The number of primary amides is 1. The molecule has 0 aromatic carbocycles. The summed E-state index contributed by atoms with van der Waals surface area (Å²) >= 11 is 3.93. The summed E-state index contributed by atoms with van der Waals surface area (Å²) < 4.78 is 0. The van der Waals surface area contributed by atoms with Crippen LogP contribution in [0, 0.1) is 0 Å². The molecule has 0 aliphatic heterocycles. The van der Waals surface area contributed by atoms with Gasteiger partial charge in [-0.15, -0.1) is 0 Å². The summed E-state index contributed by atoms with van der Waals surface area (Å²) in [7, 11) is 0. The van der Waals surface area contributed by atoms with Crippen molar-refractivity contribution in [2.75, 3.05) is 5.75 Å². The molecule has 0 saturated heterocycles. The summed E-state index contributed by atoms with van der Waals surface area (Å²) in [6.07, 6.45) is -2.16. The normalized spacial score (nSPS) is 14.1. The van der Waals surface area contributed by atoms with Gasteiger partial charge in [-0.2, -0.15) is 12.6 Å². The number of hydrogen-bond acceptors (Lipinski definition) is 9. The minimum absolute atomic E-state index is 0.122. The molecule has 0 rings (SSSR count). The first-order valence-corrected chi connectivity index (χ1v) is 10.6. The Labute approximate surface area is 199 Å². The van der Waals surface area contributed by atoms with Gasteiger partial charge in [-0.1, -0.05) is 0 Å². The second kappa shape index (κ2) is 15.4. The predicted octanol–water partition coefficient (Wildman–Crippen LogP) is -3.22. The molecule has 0 aliphatic carbocycles. The van der Waals surface area contributed by atoms with Crippen LogP contribution in [-0.4, -0.2) is 86.8 Å². The van der Waals surface area contributed by atoms with E-state index in [4.69, 9.17) is 26.8 Å². The third-order valence-electron chi connectivity index (χ3n) is 4.40. The van der Waals surface area contributed by atoms with Gasteiger partial charge in [0.05, 0.1) is 6.04 Å². The zero-order valence-electron chi connectivity index (χ0n) is 18.1. The Morgan fingerprint density at radius 1 is 0.676 bits per heavy atom. The van der Waals surface area contributed by atoms with Gasteiger partial charge in [-0.25, -0.2) is 4.79 Å². The Kier molecular flexibility index (Phi) is 13.9. The van der Waals surface area contributed by atoms with E-state index in [0.717, 1.165) is 0 Å². The molecular weight excluding hydrogens is 478 g/mol. The second-order valence-corrected chi connectivity index (χ2v) is 7.55. The molecule has 0 fully saturated rings. The maximum atomic E-state index is 12.6. The highest BCUT2D eigenvalue weighted by atomic mass is 32.1. The van der Waals surface area contributed by atoms with Crippen molar-refractivity contribution < 1.29 is 48.9 Å². The van der Waals surface area contributed by atoms with Gasteiger partial charge >= 0.3 is 17.9 Å². The van der Waals surface area contributed by atoms with E-state index in [1.54, 1.807) is 0 Å². The van der Waals surface area contributed by atoms with Gasteiger partial charge in [0.15, 0.2) is 0 Å². The summed E-state index contributed by atoms with van der Waals surface area (Å²) in [5, 5.41) is 33.3. The van der Waals surface area contributed by atoms with E-state index in [2.05, 4.69) is 28.6 Å². The Balaban J connectivity index is 5.29. The fourth-order valence-electron chi connectivity index (χ4n) is 2.51. The molecule has 16 heteroatoms. The number of nitrogens with two attached hydrogens (primary N) is 2. The molecule has 34 heavy (non-hydrogen) atoms. The van der Waals surface area contributed by atoms with Gasteiger partial charge in [0.1, 0.15) is 18.1 Å². The van der Waals surface area contributed by atoms with Crippen LogP contribution in [-0.2, 0) is 33.6 Å². The quantitative estimate of drug-likeness (QED) is 0.0883. The van der Waals surface area contributed by atoms with Crippen LogP contribution >= 0.6 is 12.6 Å². The monoisotopic (exact) mass is 507 g/mol. The number of carboxylic acids is 3. The summed E-state index contributed by atoms with van der Waals surface area (Å²) in [5.41, 5.74) is 10.6. The van der Waals surface area contributed by atoms with Crippen LogP contribution in [0.2, 0.25) is 0 Å². The smallest absolute Gasteiger partial charge is 0.326 e. The molecule has 15 nitrogen and oxygen atoms in total. The number of amides is 4. The number of thiol groups is 1. The fraction of sp³-hybridized carbons (Fsp3) is 0.611.